The van der Waals surface area contributed by atoms with Crippen LogP contribution in [0.25, 0.3) is 0 Å². The van der Waals surface area contributed by atoms with Gasteiger partial charge in [-0.25, -0.2) is 0 Å². The third-order valence-electron chi connectivity index (χ3n) is 2.60. The maximum absolute atomic E-state index is 11.6. The highest BCUT2D eigenvalue weighted by Crippen LogP contribution is 2.30. The third kappa shape index (κ3) is 2.38. The summed E-state index contributed by atoms with van der Waals surface area (Å²) in [5, 5.41) is 14.2. The van der Waals surface area contributed by atoms with Gasteiger partial charge in [0.2, 0.25) is 0 Å². The smallest absolute Gasteiger partial charge is 0.272 e. The van der Waals surface area contributed by atoms with Crippen molar-refractivity contribution in [3.63, 3.8) is 0 Å². The Morgan fingerprint density at radius 3 is 2.93 bits per heavy atom. The van der Waals surface area contributed by atoms with Crippen molar-refractivity contribution in [3.05, 3.63) is 15.5 Å². The number of aliphatic hydroxyl groups is 1. The summed E-state index contributed by atoms with van der Waals surface area (Å²) in [6.45, 7) is 0.315. The fourth-order valence-corrected chi connectivity index (χ4v) is 2.65. The number of carbonyl (C=O) groups excluding carboxylic acids is 1. The first-order valence-electron chi connectivity index (χ1n) is 4.71. The van der Waals surface area contributed by atoms with Crippen LogP contribution < -0.4 is 5.32 Å². The zero-order valence-corrected chi connectivity index (χ0v) is 10.4. The highest BCUT2D eigenvalue weighted by Gasteiger charge is 2.34. The standard InChI is InChI=1S/C9H11BrN2O2S/c10-6-4-15-12-7(6)8(13)11-5-9(14)2-1-3-9/h4,14H,1-3,5H2,(H,11,13). The second-order valence-corrected chi connectivity index (χ2v) is 5.26. The first kappa shape index (κ1) is 11.0. The molecule has 0 atom stereocenters. The quantitative estimate of drug-likeness (QED) is 0.888. The summed E-state index contributed by atoms with van der Waals surface area (Å²) in [7, 11) is 0. The first-order chi connectivity index (χ1) is 7.11. The van der Waals surface area contributed by atoms with E-state index >= 15 is 0 Å². The molecule has 1 heterocycles. The Morgan fingerprint density at radius 1 is 1.73 bits per heavy atom. The third-order valence-corrected chi connectivity index (χ3v) is 4.14. The Labute approximate surface area is 100.0 Å². The summed E-state index contributed by atoms with van der Waals surface area (Å²) in [4.78, 5) is 11.6. The van der Waals surface area contributed by atoms with Gasteiger partial charge in [0.25, 0.3) is 5.91 Å². The molecule has 1 aromatic rings. The van der Waals surface area contributed by atoms with Crippen molar-refractivity contribution in [3.8, 4) is 0 Å². The number of hydrogen-bond acceptors (Lipinski definition) is 4. The lowest BCUT2D eigenvalue weighted by Crippen LogP contribution is -2.47. The SMILES string of the molecule is O=C(NCC1(O)CCC1)c1nscc1Br. The van der Waals surface area contributed by atoms with E-state index in [1.807, 2.05) is 0 Å². The van der Waals surface area contributed by atoms with Crippen LogP contribution in [0.3, 0.4) is 0 Å². The molecule has 1 fully saturated rings. The molecule has 15 heavy (non-hydrogen) atoms. The summed E-state index contributed by atoms with van der Waals surface area (Å²) in [6.07, 6.45) is 2.57. The molecule has 0 unspecified atom stereocenters. The number of amides is 1. The second-order valence-electron chi connectivity index (χ2n) is 3.77. The first-order valence-corrected chi connectivity index (χ1v) is 6.34. The van der Waals surface area contributed by atoms with Gasteiger partial charge in [0.15, 0.2) is 5.69 Å². The molecule has 1 aliphatic rings. The fourth-order valence-electron chi connectivity index (χ4n) is 1.46. The van der Waals surface area contributed by atoms with Crippen molar-refractivity contribution in [1.82, 2.24) is 9.69 Å². The molecule has 0 radical (unpaired) electrons. The van der Waals surface area contributed by atoms with Crippen molar-refractivity contribution >= 4 is 33.4 Å². The van der Waals surface area contributed by atoms with E-state index in [2.05, 4.69) is 25.6 Å². The molecular formula is C9H11BrN2O2S. The molecule has 1 saturated carbocycles. The van der Waals surface area contributed by atoms with Crippen LogP contribution in [0.1, 0.15) is 29.8 Å². The number of rotatable bonds is 3. The summed E-state index contributed by atoms with van der Waals surface area (Å²) < 4.78 is 4.66. The zero-order valence-electron chi connectivity index (χ0n) is 7.99. The van der Waals surface area contributed by atoms with Crippen molar-refractivity contribution in [1.29, 1.82) is 0 Å². The maximum atomic E-state index is 11.6. The molecule has 0 bridgehead atoms. The molecule has 1 aromatic heterocycles. The highest BCUT2D eigenvalue weighted by atomic mass is 79.9. The Balaban J connectivity index is 1.90. The lowest BCUT2D eigenvalue weighted by molar-refractivity contribution is -0.0300. The van der Waals surface area contributed by atoms with Gasteiger partial charge in [-0.05, 0) is 46.7 Å². The van der Waals surface area contributed by atoms with Gasteiger partial charge in [0, 0.05) is 11.9 Å². The normalized spacial score (nSPS) is 18.3. The number of nitrogens with zero attached hydrogens (tertiary/aromatic N) is 1. The molecule has 0 aromatic carbocycles. The zero-order chi connectivity index (χ0) is 10.9. The van der Waals surface area contributed by atoms with Crippen LogP contribution in [-0.4, -0.2) is 27.5 Å². The predicted molar refractivity (Wildman–Crippen MR) is 60.9 cm³/mol. The van der Waals surface area contributed by atoms with E-state index in [4.69, 9.17) is 0 Å². The van der Waals surface area contributed by atoms with Crippen molar-refractivity contribution in [2.75, 3.05) is 6.54 Å². The summed E-state index contributed by atoms with van der Waals surface area (Å²) in [6, 6.07) is 0. The van der Waals surface area contributed by atoms with Gasteiger partial charge in [0.05, 0.1) is 10.1 Å². The number of halogens is 1. The van der Waals surface area contributed by atoms with Crippen LogP contribution in [0.4, 0.5) is 0 Å². The monoisotopic (exact) mass is 290 g/mol. The maximum Gasteiger partial charge on any atom is 0.272 e. The topological polar surface area (TPSA) is 62.2 Å². The molecule has 82 valence electrons. The average molecular weight is 291 g/mol. The van der Waals surface area contributed by atoms with E-state index in [1.54, 1.807) is 5.38 Å². The number of aromatic nitrogens is 1. The Bertz CT molecular complexity index is 376. The predicted octanol–water partition coefficient (Wildman–Crippen LogP) is 1.55. The van der Waals surface area contributed by atoms with Gasteiger partial charge in [-0.1, -0.05) is 0 Å². The van der Waals surface area contributed by atoms with Crippen LogP contribution in [0.15, 0.2) is 9.85 Å². The molecule has 2 N–H and O–H groups in total. The van der Waals surface area contributed by atoms with Crippen LogP contribution >= 0.6 is 27.5 Å². The van der Waals surface area contributed by atoms with Crippen LogP contribution in [-0.2, 0) is 0 Å². The van der Waals surface area contributed by atoms with E-state index in [1.165, 1.54) is 11.5 Å². The lowest BCUT2D eigenvalue weighted by Gasteiger charge is -2.36. The molecule has 0 spiro atoms. The average Bonchev–Trinajstić information content (AvgIpc) is 2.58. The van der Waals surface area contributed by atoms with E-state index in [-0.39, 0.29) is 5.91 Å². The van der Waals surface area contributed by atoms with Crippen molar-refractivity contribution in [2.24, 2.45) is 0 Å². The second kappa shape index (κ2) is 4.19. The van der Waals surface area contributed by atoms with Crippen LogP contribution in [0.2, 0.25) is 0 Å². The number of nitrogens with one attached hydrogen (secondary N) is 1. The Morgan fingerprint density at radius 2 is 2.47 bits per heavy atom. The molecular weight excluding hydrogens is 280 g/mol. The number of carbonyl (C=O) groups is 1. The molecule has 1 aliphatic carbocycles. The highest BCUT2D eigenvalue weighted by molar-refractivity contribution is 9.10. The minimum atomic E-state index is -0.682. The largest absolute Gasteiger partial charge is 0.388 e. The van der Waals surface area contributed by atoms with Gasteiger partial charge in [0.1, 0.15) is 0 Å². The van der Waals surface area contributed by atoms with Crippen molar-refractivity contribution < 1.29 is 9.90 Å². The van der Waals surface area contributed by atoms with Crippen molar-refractivity contribution in [2.45, 2.75) is 24.9 Å². The molecule has 6 heteroatoms. The molecule has 0 aliphatic heterocycles. The van der Waals surface area contributed by atoms with E-state index in [0.717, 1.165) is 19.3 Å². The fraction of sp³-hybridized carbons (Fsp3) is 0.556. The van der Waals surface area contributed by atoms with Gasteiger partial charge < -0.3 is 10.4 Å². The minimum Gasteiger partial charge on any atom is -0.388 e. The molecule has 1 amide bonds. The van der Waals surface area contributed by atoms with Gasteiger partial charge >= 0.3 is 0 Å². The molecule has 2 rings (SSSR count). The van der Waals surface area contributed by atoms with Gasteiger partial charge in [-0.15, -0.1) is 0 Å². The summed E-state index contributed by atoms with van der Waals surface area (Å²) in [5.41, 5.74) is -0.291. The summed E-state index contributed by atoms with van der Waals surface area (Å²) in [5.74, 6) is -0.233. The van der Waals surface area contributed by atoms with Crippen LogP contribution in [0, 0.1) is 0 Å². The van der Waals surface area contributed by atoms with Crippen LogP contribution in [0.5, 0.6) is 0 Å². The van der Waals surface area contributed by atoms with E-state index in [9.17, 15) is 9.90 Å². The lowest BCUT2D eigenvalue weighted by atomic mass is 9.80. The van der Waals surface area contributed by atoms with Gasteiger partial charge in [-0.2, -0.15) is 4.37 Å². The molecule has 4 nitrogen and oxygen atoms in total. The molecule has 0 saturated heterocycles. The van der Waals surface area contributed by atoms with E-state index < -0.39 is 5.60 Å². The Kier molecular flexibility index (Phi) is 3.08. The van der Waals surface area contributed by atoms with E-state index in [0.29, 0.717) is 16.7 Å². The Hall–Kier alpha value is -0.460. The number of hydrogen-bond donors (Lipinski definition) is 2. The summed E-state index contributed by atoms with van der Waals surface area (Å²) >= 11 is 4.47. The van der Waals surface area contributed by atoms with Gasteiger partial charge in [-0.3, -0.25) is 4.79 Å². The minimum absolute atomic E-state index is 0.233.